The number of thioether (sulfide) groups is 1. The average Bonchev–Trinajstić information content (AvgIpc) is 2.50. The molecule has 3 atom stereocenters. The lowest BCUT2D eigenvalue weighted by atomic mass is 9.96. The molecule has 1 aliphatic heterocycles. The minimum atomic E-state index is 0.287. The summed E-state index contributed by atoms with van der Waals surface area (Å²) in [6, 6.07) is 8.85. The van der Waals surface area contributed by atoms with Crippen LogP contribution in [0.15, 0.2) is 29.2 Å². The van der Waals surface area contributed by atoms with Crippen LogP contribution in [-0.2, 0) is 0 Å². The van der Waals surface area contributed by atoms with E-state index in [9.17, 15) is 0 Å². The van der Waals surface area contributed by atoms with E-state index < -0.39 is 0 Å². The highest BCUT2D eigenvalue weighted by Crippen LogP contribution is 2.36. The van der Waals surface area contributed by atoms with Crippen LogP contribution in [0.2, 0.25) is 0 Å². The highest BCUT2D eigenvalue weighted by molar-refractivity contribution is 7.99. The number of ether oxygens (including phenoxy) is 1. The van der Waals surface area contributed by atoms with Gasteiger partial charge in [0.15, 0.2) is 0 Å². The molecule has 3 unspecified atom stereocenters. The molecule has 1 aliphatic rings. The van der Waals surface area contributed by atoms with Gasteiger partial charge < -0.3 is 10.1 Å². The van der Waals surface area contributed by atoms with Gasteiger partial charge in [0, 0.05) is 16.7 Å². The molecule has 0 aliphatic carbocycles. The second-order valence-corrected chi connectivity index (χ2v) is 6.79. The highest BCUT2D eigenvalue weighted by Gasteiger charge is 2.28. The lowest BCUT2D eigenvalue weighted by Gasteiger charge is -2.33. The van der Waals surface area contributed by atoms with Gasteiger partial charge in [0.25, 0.3) is 0 Å². The van der Waals surface area contributed by atoms with Crippen LogP contribution in [-0.4, -0.2) is 24.4 Å². The van der Waals surface area contributed by atoms with Gasteiger partial charge in [0.1, 0.15) is 11.9 Å². The first kappa shape index (κ1) is 15.7. The second-order valence-electron chi connectivity index (χ2n) is 5.72. The lowest BCUT2D eigenvalue weighted by molar-refractivity contribution is 0.150. The van der Waals surface area contributed by atoms with E-state index in [-0.39, 0.29) is 6.10 Å². The topological polar surface area (TPSA) is 21.3 Å². The van der Waals surface area contributed by atoms with Crippen LogP contribution in [0.1, 0.15) is 40.0 Å². The molecule has 0 saturated heterocycles. The molecule has 0 amide bonds. The van der Waals surface area contributed by atoms with E-state index in [1.54, 1.807) is 0 Å². The van der Waals surface area contributed by atoms with E-state index in [0.717, 1.165) is 24.0 Å². The number of fused-ring (bicyclic) bond motifs is 1. The maximum absolute atomic E-state index is 6.25. The van der Waals surface area contributed by atoms with Crippen molar-refractivity contribution in [2.75, 3.05) is 12.3 Å². The molecule has 2 rings (SSSR count). The molecule has 20 heavy (non-hydrogen) atoms. The SMILES string of the molecule is CCCNC(CC(C)CC)C1CSc2ccccc2O1. The van der Waals surface area contributed by atoms with Crippen LogP contribution in [0.4, 0.5) is 0 Å². The number of para-hydroxylation sites is 1. The Labute approximate surface area is 127 Å². The fourth-order valence-electron chi connectivity index (χ4n) is 2.53. The predicted octanol–water partition coefficient (Wildman–Crippen LogP) is 4.34. The molecule has 0 fully saturated rings. The number of rotatable bonds is 7. The molecule has 0 saturated carbocycles. The third-order valence-corrected chi connectivity index (χ3v) is 5.13. The van der Waals surface area contributed by atoms with Crippen molar-refractivity contribution in [3.63, 3.8) is 0 Å². The standard InChI is InChI=1S/C17H27NOS/c1-4-10-18-14(11-13(3)5-2)16-12-20-17-9-7-6-8-15(17)19-16/h6-9,13-14,16,18H,4-5,10-12H2,1-3H3. The zero-order chi connectivity index (χ0) is 14.4. The van der Waals surface area contributed by atoms with Crippen molar-refractivity contribution in [3.05, 3.63) is 24.3 Å². The molecule has 1 heterocycles. The van der Waals surface area contributed by atoms with Gasteiger partial charge in [-0.05, 0) is 37.4 Å². The molecule has 1 aromatic carbocycles. The zero-order valence-electron chi connectivity index (χ0n) is 12.9. The average molecular weight is 293 g/mol. The smallest absolute Gasteiger partial charge is 0.133 e. The molecule has 2 nitrogen and oxygen atoms in total. The van der Waals surface area contributed by atoms with Crippen molar-refractivity contribution in [1.29, 1.82) is 0 Å². The minimum Gasteiger partial charge on any atom is -0.487 e. The van der Waals surface area contributed by atoms with E-state index >= 15 is 0 Å². The first-order valence-corrected chi connectivity index (χ1v) is 8.85. The van der Waals surface area contributed by atoms with Crippen molar-refractivity contribution >= 4 is 11.8 Å². The normalized spacial score (nSPS) is 20.9. The summed E-state index contributed by atoms with van der Waals surface area (Å²) in [5.41, 5.74) is 0. The van der Waals surface area contributed by atoms with Gasteiger partial charge in [0.2, 0.25) is 0 Å². The van der Waals surface area contributed by atoms with Crippen LogP contribution in [0.3, 0.4) is 0 Å². The predicted molar refractivity (Wildman–Crippen MR) is 87.7 cm³/mol. The first-order chi connectivity index (χ1) is 9.74. The van der Waals surface area contributed by atoms with Crippen LogP contribution >= 0.6 is 11.8 Å². The molecule has 3 heteroatoms. The van der Waals surface area contributed by atoms with E-state index in [1.165, 1.54) is 24.2 Å². The molecule has 0 aromatic heterocycles. The van der Waals surface area contributed by atoms with Gasteiger partial charge in [-0.3, -0.25) is 0 Å². The summed E-state index contributed by atoms with van der Waals surface area (Å²) in [5.74, 6) is 2.85. The van der Waals surface area contributed by atoms with Crippen molar-refractivity contribution in [2.24, 2.45) is 5.92 Å². The summed E-state index contributed by atoms with van der Waals surface area (Å²) in [6.07, 6.45) is 3.90. The first-order valence-electron chi connectivity index (χ1n) is 7.86. The van der Waals surface area contributed by atoms with Crippen molar-refractivity contribution in [3.8, 4) is 5.75 Å². The third-order valence-electron chi connectivity index (χ3n) is 3.99. The van der Waals surface area contributed by atoms with Crippen molar-refractivity contribution in [2.45, 2.75) is 57.1 Å². The highest BCUT2D eigenvalue weighted by atomic mass is 32.2. The van der Waals surface area contributed by atoms with E-state index in [2.05, 4.69) is 50.4 Å². The number of nitrogens with one attached hydrogen (secondary N) is 1. The van der Waals surface area contributed by atoms with Crippen molar-refractivity contribution in [1.82, 2.24) is 5.32 Å². The molecular weight excluding hydrogens is 266 g/mol. The van der Waals surface area contributed by atoms with E-state index in [4.69, 9.17) is 4.74 Å². The van der Waals surface area contributed by atoms with Gasteiger partial charge in [-0.2, -0.15) is 0 Å². The van der Waals surface area contributed by atoms with E-state index in [1.807, 2.05) is 11.8 Å². The van der Waals surface area contributed by atoms with Gasteiger partial charge >= 0.3 is 0 Å². The maximum atomic E-state index is 6.25. The molecule has 1 N–H and O–H groups in total. The summed E-state index contributed by atoms with van der Waals surface area (Å²) in [4.78, 5) is 1.28. The fourth-order valence-corrected chi connectivity index (χ4v) is 3.61. The largest absolute Gasteiger partial charge is 0.487 e. The summed E-state index contributed by atoms with van der Waals surface area (Å²) in [6.45, 7) is 7.91. The Bertz CT molecular complexity index is 410. The Morgan fingerprint density at radius 2 is 2.15 bits per heavy atom. The van der Waals surface area contributed by atoms with Gasteiger partial charge in [-0.1, -0.05) is 39.3 Å². The summed E-state index contributed by atoms with van der Waals surface area (Å²) in [5, 5.41) is 3.70. The minimum absolute atomic E-state index is 0.287. The van der Waals surface area contributed by atoms with Gasteiger partial charge in [-0.15, -0.1) is 11.8 Å². The summed E-state index contributed by atoms with van der Waals surface area (Å²) < 4.78 is 6.25. The number of hydrogen-bond acceptors (Lipinski definition) is 3. The zero-order valence-corrected chi connectivity index (χ0v) is 13.7. The maximum Gasteiger partial charge on any atom is 0.133 e. The summed E-state index contributed by atoms with van der Waals surface area (Å²) in [7, 11) is 0. The number of hydrogen-bond donors (Lipinski definition) is 1. The van der Waals surface area contributed by atoms with Gasteiger partial charge in [-0.25, -0.2) is 0 Å². The molecule has 0 spiro atoms. The van der Waals surface area contributed by atoms with Crippen molar-refractivity contribution < 1.29 is 4.74 Å². The Kier molecular flexibility index (Phi) is 6.24. The molecule has 1 aromatic rings. The van der Waals surface area contributed by atoms with Crippen LogP contribution in [0, 0.1) is 5.92 Å². The Morgan fingerprint density at radius 3 is 2.90 bits per heavy atom. The van der Waals surface area contributed by atoms with Crippen LogP contribution < -0.4 is 10.1 Å². The van der Waals surface area contributed by atoms with Crippen LogP contribution in [0.25, 0.3) is 0 Å². The monoisotopic (exact) mass is 293 g/mol. The van der Waals surface area contributed by atoms with Crippen LogP contribution in [0.5, 0.6) is 5.75 Å². The molecule has 112 valence electrons. The third kappa shape index (κ3) is 4.16. The molecular formula is C17H27NOS. The summed E-state index contributed by atoms with van der Waals surface area (Å²) >= 11 is 1.93. The Balaban J connectivity index is 2.02. The van der Waals surface area contributed by atoms with Gasteiger partial charge in [0.05, 0.1) is 0 Å². The quantitative estimate of drug-likeness (QED) is 0.808. The molecule has 0 bridgehead atoms. The van der Waals surface area contributed by atoms with E-state index in [0.29, 0.717) is 6.04 Å². The lowest BCUT2D eigenvalue weighted by Crippen LogP contribution is -2.46. The Hall–Kier alpha value is -0.670. The number of benzene rings is 1. The Morgan fingerprint density at radius 1 is 1.35 bits per heavy atom. The fraction of sp³-hybridized carbons (Fsp3) is 0.647. The second kappa shape index (κ2) is 7.94. The molecule has 0 radical (unpaired) electrons.